The molecule has 13 heteroatoms. The van der Waals surface area contributed by atoms with E-state index in [1.807, 2.05) is 24.3 Å². The zero-order chi connectivity index (χ0) is 31.2. The smallest absolute Gasteiger partial charge is 0.387 e. The van der Waals surface area contributed by atoms with Gasteiger partial charge in [0.1, 0.15) is 5.75 Å². The first kappa shape index (κ1) is 30.7. The second-order valence-corrected chi connectivity index (χ2v) is 10.7. The highest BCUT2D eigenvalue weighted by atomic mass is 19.3. The number of carbonyl (C=O) groups is 2. The van der Waals surface area contributed by atoms with E-state index < -0.39 is 6.61 Å². The lowest BCUT2D eigenvalue weighted by molar-refractivity contribution is -0.128. The number of piperazine rings is 1. The summed E-state index contributed by atoms with van der Waals surface area (Å²) in [5.41, 5.74) is 4.02. The standard InChI is InChI=1S/C31H36F2N8O3/c1-4-25(29(42)39-13-15-40(16-14-39)31(43)38-23-9-10-34-18-23)20(2)17-21(3)37-27-28-36-19-26(41(28)12-11-35-27)22-5-7-24(8-6-22)44-30(32)33/h4-8,11-12,17,19,23,30,34H,1,9-10,13-16,18H2,2-3H3,(H,35,37)(H,38,43)/b21-17+,25-20+/t23-/m0/s1. The van der Waals surface area contributed by atoms with Gasteiger partial charge in [0.2, 0.25) is 0 Å². The number of nitrogens with zero attached hydrogens (tertiary/aromatic N) is 5. The molecule has 2 aliphatic heterocycles. The zero-order valence-corrected chi connectivity index (χ0v) is 24.7. The molecule has 2 fully saturated rings. The summed E-state index contributed by atoms with van der Waals surface area (Å²) in [6.07, 6.45) is 9.41. The minimum absolute atomic E-state index is 0.0744. The van der Waals surface area contributed by atoms with Crippen LogP contribution in [-0.4, -0.2) is 88.0 Å². The van der Waals surface area contributed by atoms with Crippen LogP contribution in [0.25, 0.3) is 16.9 Å². The van der Waals surface area contributed by atoms with Gasteiger partial charge >= 0.3 is 12.6 Å². The minimum atomic E-state index is -2.89. The molecule has 0 unspecified atom stereocenters. The first-order chi connectivity index (χ1) is 21.2. The molecule has 0 bridgehead atoms. The Hall–Kier alpha value is -4.78. The van der Waals surface area contributed by atoms with Crippen LogP contribution in [0.4, 0.5) is 19.4 Å². The third kappa shape index (κ3) is 7.05. The predicted molar refractivity (Wildman–Crippen MR) is 163 cm³/mol. The van der Waals surface area contributed by atoms with Crippen molar-refractivity contribution < 1.29 is 23.1 Å². The summed E-state index contributed by atoms with van der Waals surface area (Å²) in [5, 5.41) is 9.57. The quantitative estimate of drug-likeness (QED) is 0.249. The maximum atomic E-state index is 13.4. The number of halogens is 2. The van der Waals surface area contributed by atoms with Gasteiger partial charge in [0.05, 0.1) is 11.9 Å². The molecule has 2 aliphatic rings. The van der Waals surface area contributed by atoms with E-state index in [9.17, 15) is 18.4 Å². The Morgan fingerprint density at radius 1 is 1.11 bits per heavy atom. The molecule has 0 radical (unpaired) electrons. The fourth-order valence-electron chi connectivity index (χ4n) is 5.40. The number of imidazole rings is 1. The van der Waals surface area contributed by atoms with Crippen LogP contribution in [0, 0.1) is 0 Å². The number of anilines is 1. The topological polar surface area (TPSA) is 116 Å². The number of allylic oxidation sites excluding steroid dienone is 3. The number of benzene rings is 1. The first-order valence-corrected chi connectivity index (χ1v) is 14.4. The molecule has 3 aromatic rings. The van der Waals surface area contributed by atoms with Crippen molar-refractivity contribution in [2.75, 3.05) is 44.6 Å². The minimum Gasteiger partial charge on any atom is -0.435 e. The molecule has 3 N–H and O–H groups in total. The largest absolute Gasteiger partial charge is 0.435 e. The number of alkyl halides is 2. The van der Waals surface area contributed by atoms with Gasteiger partial charge in [-0.15, -0.1) is 0 Å². The van der Waals surface area contributed by atoms with Crippen molar-refractivity contribution in [1.29, 1.82) is 0 Å². The lowest BCUT2D eigenvalue weighted by Crippen LogP contribution is -2.55. The van der Waals surface area contributed by atoms with Crippen molar-refractivity contribution in [1.82, 2.24) is 34.8 Å². The lowest BCUT2D eigenvalue weighted by Gasteiger charge is -2.35. The second-order valence-electron chi connectivity index (χ2n) is 10.7. The van der Waals surface area contributed by atoms with Crippen molar-refractivity contribution in [3.05, 3.63) is 78.4 Å². The van der Waals surface area contributed by atoms with Crippen molar-refractivity contribution >= 4 is 23.4 Å². The van der Waals surface area contributed by atoms with Crippen LogP contribution in [0.2, 0.25) is 0 Å². The van der Waals surface area contributed by atoms with E-state index in [0.717, 1.165) is 42.0 Å². The van der Waals surface area contributed by atoms with Crippen molar-refractivity contribution in [3.8, 4) is 17.0 Å². The number of carbonyl (C=O) groups excluding carboxylic acids is 2. The third-order valence-electron chi connectivity index (χ3n) is 7.65. The molecule has 1 aromatic carbocycles. The first-order valence-electron chi connectivity index (χ1n) is 14.4. The molecular weight excluding hydrogens is 570 g/mol. The molecule has 44 heavy (non-hydrogen) atoms. The number of fused-ring (bicyclic) bond motifs is 1. The lowest BCUT2D eigenvalue weighted by atomic mass is 10.1. The number of urea groups is 1. The van der Waals surface area contributed by atoms with Gasteiger partial charge in [-0.05, 0) is 62.7 Å². The van der Waals surface area contributed by atoms with Crippen LogP contribution in [0.1, 0.15) is 20.3 Å². The average molecular weight is 607 g/mol. The monoisotopic (exact) mass is 606 g/mol. The Bertz CT molecular complexity index is 1570. The highest BCUT2D eigenvalue weighted by Crippen LogP contribution is 2.26. The molecule has 5 rings (SSSR count). The summed E-state index contributed by atoms with van der Waals surface area (Å²) < 4.78 is 31.3. The summed E-state index contributed by atoms with van der Waals surface area (Å²) in [6.45, 7) is 8.20. The number of rotatable bonds is 9. The number of hydrogen-bond acceptors (Lipinski definition) is 7. The maximum absolute atomic E-state index is 13.4. The van der Waals surface area contributed by atoms with Crippen LogP contribution in [0.5, 0.6) is 5.75 Å². The maximum Gasteiger partial charge on any atom is 0.387 e. The van der Waals surface area contributed by atoms with Crippen LogP contribution in [0.15, 0.2) is 78.4 Å². The van der Waals surface area contributed by atoms with E-state index >= 15 is 0 Å². The molecule has 232 valence electrons. The van der Waals surface area contributed by atoms with Crippen molar-refractivity contribution in [3.63, 3.8) is 0 Å². The highest BCUT2D eigenvalue weighted by Gasteiger charge is 2.27. The highest BCUT2D eigenvalue weighted by molar-refractivity contribution is 5.97. The molecule has 0 spiro atoms. The van der Waals surface area contributed by atoms with E-state index in [0.29, 0.717) is 43.2 Å². The van der Waals surface area contributed by atoms with E-state index in [1.54, 1.807) is 46.6 Å². The van der Waals surface area contributed by atoms with Gasteiger partial charge in [0.25, 0.3) is 5.91 Å². The Kier molecular flexibility index (Phi) is 9.53. The number of amides is 3. The van der Waals surface area contributed by atoms with Crippen molar-refractivity contribution in [2.45, 2.75) is 32.9 Å². The molecule has 2 saturated heterocycles. The van der Waals surface area contributed by atoms with E-state index in [-0.39, 0.29) is 23.7 Å². The molecule has 0 saturated carbocycles. The Balaban J connectivity index is 1.25. The molecule has 1 atom stereocenters. The SMILES string of the molecule is C=C/C(C(=O)N1CCN(C(=O)N[C@H]2CCNC2)CC1)=C(C)\C=C(/C)Nc1nccn2c(-c3ccc(OC(F)F)cc3)cnc12. The van der Waals surface area contributed by atoms with Gasteiger partial charge < -0.3 is 30.5 Å². The number of aromatic nitrogens is 3. The summed E-state index contributed by atoms with van der Waals surface area (Å²) in [4.78, 5) is 38.5. The summed E-state index contributed by atoms with van der Waals surface area (Å²) in [6, 6.07) is 6.39. The van der Waals surface area contributed by atoms with Gasteiger partial charge in [-0.25, -0.2) is 14.8 Å². The van der Waals surface area contributed by atoms with E-state index in [2.05, 4.69) is 37.2 Å². The number of ether oxygens (including phenoxy) is 1. The van der Waals surface area contributed by atoms with Crippen LogP contribution in [-0.2, 0) is 4.79 Å². The Morgan fingerprint density at radius 3 is 2.50 bits per heavy atom. The van der Waals surface area contributed by atoms with Gasteiger partial charge in [-0.3, -0.25) is 9.20 Å². The normalized spacial score (nSPS) is 17.9. The zero-order valence-electron chi connectivity index (χ0n) is 24.7. The Morgan fingerprint density at radius 2 is 1.84 bits per heavy atom. The van der Waals surface area contributed by atoms with Gasteiger partial charge in [0, 0.05) is 68.0 Å². The number of hydrogen-bond donors (Lipinski definition) is 3. The average Bonchev–Trinajstić information content (AvgIpc) is 3.68. The fourth-order valence-corrected chi connectivity index (χ4v) is 5.40. The van der Waals surface area contributed by atoms with Crippen LogP contribution >= 0.6 is 0 Å². The van der Waals surface area contributed by atoms with E-state index in [4.69, 9.17) is 0 Å². The molecule has 0 aliphatic carbocycles. The van der Waals surface area contributed by atoms with Crippen LogP contribution < -0.4 is 20.7 Å². The predicted octanol–water partition coefficient (Wildman–Crippen LogP) is 4.03. The van der Waals surface area contributed by atoms with E-state index in [1.165, 1.54) is 12.1 Å². The third-order valence-corrected chi connectivity index (χ3v) is 7.65. The second kappa shape index (κ2) is 13.7. The molecule has 3 amide bonds. The van der Waals surface area contributed by atoms with Gasteiger partial charge in [-0.1, -0.05) is 12.7 Å². The molecule has 4 heterocycles. The number of nitrogens with one attached hydrogen (secondary N) is 3. The summed E-state index contributed by atoms with van der Waals surface area (Å²) in [7, 11) is 0. The Labute approximate surface area is 254 Å². The fraction of sp³-hybridized carbons (Fsp3) is 0.355. The van der Waals surface area contributed by atoms with Crippen molar-refractivity contribution in [2.24, 2.45) is 0 Å². The summed E-state index contributed by atoms with van der Waals surface area (Å²) >= 11 is 0. The van der Waals surface area contributed by atoms with Gasteiger partial charge in [-0.2, -0.15) is 8.78 Å². The molecule has 11 nitrogen and oxygen atoms in total. The summed E-state index contributed by atoms with van der Waals surface area (Å²) in [5.74, 6) is 0.447. The molecular formula is C31H36F2N8O3. The molecule has 2 aromatic heterocycles. The van der Waals surface area contributed by atoms with Gasteiger partial charge in [0.15, 0.2) is 11.5 Å². The van der Waals surface area contributed by atoms with Crippen LogP contribution in [0.3, 0.4) is 0 Å².